The topological polar surface area (TPSA) is 97.1 Å². The average molecular weight is 442 g/mol. The number of morpholine rings is 1. The van der Waals surface area contributed by atoms with E-state index in [9.17, 15) is 14.9 Å². The number of ether oxygens (including phenoxy) is 1. The minimum Gasteiger partial charge on any atom is -0.378 e. The molecule has 3 aromatic carbocycles. The SMILES string of the molecule is O=C1Nc2ccc([N+](=O)[O-])cc2C1C(=Nc1ccc(N2CCOCC2)cc1)c1ccccc1. The van der Waals surface area contributed by atoms with Gasteiger partial charge in [0.05, 0.1) is 29.5 Å². The molecule has 33 heavy (non-hydrogen) atoms. The van der Waals surface area contributed by atoms with Crippen LogP contribution in [0, 0.1) is 10.1 Å². The van der Waals surface area contributed by atoms with Gasteiger partial charge in [-0.15, -0.1) is 0 Å². The van der Waals surface area contributed by atoms with Crippen LogP contribution in [0.25, 0.3) is 0 Å². The van der Waals surface area contributed by atoms with E-state index in [-0.39, 0.29) is 11.6 Å². The fraction of sp³-hybridized carbons (Fsp3) is 0.200. The Balaban J connectivity index is 1.56. The highest BCUT2D eigenvalue weighted by Gasteiger charge is 2.36. The molecule has 0 spiro atoms. The van der Waals surface area contributed by atoms with Crippen molar-refractivity contribution in [3.8, 4) is 0 Å². The van der Waals surface area contributed by atoms with Gasteiger partial charge in [-0.1, -0.05) is 30.3 Å². The first-order valence-corrected chi connectivity index (χ1v) is 10.8. The minimum atomic E-state index is -0.749. The van der Waals surface area contributed by atoms with Gasteiger partial charge in [-0.25, -0.2) is 0 Å². The third-order valence-corrected chi connectivity index (χ3v) is 5.90. The third kappa shape index (κ3) is 4.20. The Kier molecular flexibility index (Phi) is 5.58. The highest BCUT2D eigenvalue weighted by molar-refractivity contribution is 6.24. The highest BCUT2D eigenvalue weighted by atomic mass is 16.6. The molecule has 8 heteroatoms. The number of nitrogens with one attached hydrogen (secondary N) is 1. The Bertz CT molecular complexity index is 1220. The summed E-state index contributed by atoms with van der Waals surface area (Å²) in [4.78, 5) is 31.0. The molecule has 1 atom stereocenters. The van der Waals surface area contributed by atoms with Gasteiger partial charge in [0.15, 0.2) is 0 Å². The molecule has 8 nitrogen and oxygen atoms in total. The van der Waals surface area contributed by atoms with Crippen LogP contribution in [-0.2, 0) is 9.53 Å². The number of hydrogen-bond acceptors (Lipinski definition) is 6. The molecular weight excluding hydrogens is 420 g/mol. The summed E-state index contributed by atoms with van der Waals surface area (Å²) in [7, 11) is 0. The predicted octanol–water partition coefficient (Wildman–Crippen LogP) is 4.29. The molecule has 1 fully saturated rings. The zero-order valence-corrected chi connectivity index (χ0v) is 17.8. The summed E-state index contributed by atoms with van der Waals surface area (Å²) in [5.41, 5.74) is 4.21. The van der Waals surface area contributed by atoms with Gasteiger partial charge in [0, 0.05) is 42.2 Å². The molecule has 0 radical (unpaired) electrons. The molecule has 0 saturated carbocycles. The first kappa shape index (κ1) is 20.8. The molecular formula is C25H22N4O4. The normalized spacial score (nSPS) is 18.1. The molecule has 1 N–H and O–H groups in total. The van der Waals surface area contributed by atoms with Crippen molar-refractivity contribution >= 4 is 34.4 Å². The van der Waals surface area contributed by atoms with E-state index < -0.39 is 10.8 Å². The molecule has 2 aliphatic rings. The van der Waals surface area contributed by atoms with Crippen LogP contribution in [0.15, 0.2) is 77.8 Å². The number of nitrogens with zero attached hydrogens (tertiary/aromatic N) is 3. The van der Waals surface area contributed by atoms with E-state index in [0.29, 0.717) is 35.9 Å². The Labute approximate surface area is 190 Å². The quantitative estimate of drug-likeness (QED) is 0.361. The molecule has 166 valence electrons. The molecule has 2 aliphatic heterocycles. The highest BCUT2D eigenvalue weighted by Crippen LogP contribution is 2.38. The van der Waals surface area contributed by atoms with Crippen LogP contribution in [0.5, 0.6) is 0 Å². The van der Waals surface area contributed by atoms with Crippen LogP contribution in [-0.4, -0.2) is 42.8 Å². The van der Waals surface area contributed by atoms with Crippen LogP contribution in [0.1, 0.15) is 17.0 Å². The van der Waals surface area contributed by atoms with E-state index in [1.807, 2.05) is 54.6 Å². The number of aliphatic imine (C=N–C) groups is 1. The summed E-state index contributed by atoms with van der Waals surface area (Å²) in [5.74, 6) is -1.00. The van der Waals surface area contributed by atoms with Crippen molar-refractivity contribution < 1.29 is 14.5 Å². The maximum absolute atomic E-state index is 13.0. The van der Waals surface area contributed by atoms with E-state index in [0.717, 1.165) is 24.3 Å². The van der Waals surface area contributed by atoms with Crippen LogP contribution >= 0.6 is 0 Å². The predicted molar refractivity (Wildman–Crippen MR) is 127 cm³/mol. The Hall–Kier alpha value is -4.04. The van der Waals surface area contributed by atoms with E-state index >= 15 is 0 Å². The molecule has 3 aromatic rings. The van der Waals surface area contributed by atoms with Crippen LogP contribution < -0.4 is 10.2 Å². The van der Waals surface area contributed by atoms with Gasteiger partial charge >= 0.3 is 0 Å². The second-order valence-electron chi connectivity index (χ2n) is 7.93. The number of non-ortho nitro benzene ring substituents is 1. The number of benzene rings is 3. The fourth-order valence-corrected chi connectivity index (χ4v) is 4.24. The number of anilines is 2. The molecule has 1 saturated heterocycles. The number of hydrogen-bond donors (Lipinski definition) is 1. The standard InChI is InChI=1S/C25H22N4O4/c30-25-23(21-16-20(29(31)32)10-11-22(21)27-25)24(17-4-2-1-3-5-17)26-18-6-8-19(9-7-18)28-12-14-33-15-13-28/h1-11,16,23H,12-15H2,(H,27,30). The number of rotatable bonds is 5. The number of nitro benzene ring substituents is 1. The Morgan fingerprint density at radius 3 is 2.45 bits per heavy atom. The van der Waals surface area contributed by atoms with E-state index in [1.54, 1.807) is 6.07 Å². The molecule has 0 aromatic heterocycles. The lowest BCUT2D eigenvalue weighted by Crippen LogP contribution is -2.36. The zero-order chi connectivity index (χ0) is 22.8. The van der Waals surface area contributed by atoms with Gasteiger partial charge in [-0.3, -0.25) is 19.9 Å². The molecule has 5 rings (SSSR count). The molecule has 0 bridgehead atoms. The van der Waals surface area contributed by atoms with Gasteiger partial charge in [-0.2, -0.15) is 0 Å². The Morgan fingerprint density at radius 1 is 1.03 bits per heavy atom. The number of amides is 1. The van der Waals surface area contributed by atoms with Crippen molar-refractivity contribution in [3.63, 3.8) is 0 Å². The van der Waals surface area contributed by atoms with Crippen molar-refractivity contribution in [3.05, 3.63) is 94.0 Å². The first-order valence-electron chi connectivity index (χ1n) is 10.8. The van der Waals surface area contributed by atoms with Gasteiger partial charge in [0.2, 0.25) is 5.91 Å². The average Bonchev–Trinajstić information content (AvgIpc) is 3.18. The first-order chi connectivity index (χ1) is 16.1. The number of carbonyl (C=O) groups excluding carboxylic acids is 1. The van der Waals surface area contributed by atoms with Crippen LogP contribution in [0.2, 0.25) is 0 Å². The summed E-state index contributed by atoms with van der Waals surface area (Å²) in [6, 6.07) is 21.7. The number of fused-ring (bicyclic) bond motifs is 1. The molecule has 0 aliphatic carbocycles. The van der Waals surface area contributed by atoms with Crippen LogP contribution in [0.3, 0.4) is 0 Å². The van der Waals surface area contributed by atoms with Crippen molar-refractivity contribution in [2.45, 2.75) is 5.92 Å². The van der Waals surface area contributed by atoms with Gasteiger partial charge in [0.25, 0.3) is 5.69 Å². The summed E-state index contributed by atoms with van der Waals surface area (Å²) in [5, 5.41) is 14.2. The van der Waals surface area contributed by atoms with E-state index in [2.05, 4.69) is 10.2 Å². The monoisotopic (exact) mass is 442 g/mol. The second-order valence-corrected chi connectivity index (χ2v) is 7.93. The largest absolute Gasteiger partial charge is 0.378 e. The number of nitro groups is 1. The second kappa shape index (κ2) is 8.84. The number of carbonyl (C=O) groups is 1. The van der Waals surface area contributed by atoms with Gasteiger partial charge in [0.1, 0.15) is 5.92 Å². The van der Waals surface area contributed by atoms with E-state index in [4.69, 9.17) is 9.73 Å². The summed E-state index contributed by atoms with van der Waals surface area (Å²) < 4.78 is 5.42. The molecule has 2 heterocycles. The minimum absolute atomic E-state index is 0.0578. The van der Waals surface area contributed by atoms with Crippen molar-refractivity contribution in [1.29, 1.82) is 0 Å². The molecule has 1 unspecified atom stereocenters. The van der Waals surface area contributed by atoms with E-state index in [1.165, 1.54) is 12.1 Å². The smallest absolute Gasteiger partial charge is 0.269 e. The lowest BCUT2D eigenvalue weighted by Gasteiger charge is -2.28. The fourth-order valence-electron chi connectivity index (χ4n) is 4.24. The van der Waals surface area contributed by atoms with Crippen molar-refractivity contribution in [2.75, 3.05) is 36.5 Å². The third-order valence-electron chi connectivity index (χ3n) is 5.90. The summed E-state index contributed by atoms with van der Waals surface area (Å²) >= 11 is 0. The lowest BCUT2D eigenvalue weighted by atomic mass is 9.90. The summed E-state index contributed by atoms with van der Waals surface area (Å²) in [6.07, 6.45) is 0. The Morgan fingerprint density at radius 2 is 1.76 bits per heavy atom. The van der Waals surface area contributed by atoms with Gasteiger partial charge < -0.3 is 15.0 Å². The zero-order valence-electron chi connectivity index (χ0n) is 17.8. The summed E-state index contributed by atoms with van der Waals surface area (Å²) in [6.45, 7) is 3.10. The van der Waals surface area contributed by atoms with Gasteiger partial charge in [-0.05, 0) is 35.9 Å². The maximum atomic E-state index is 13.0. The van der Waals surface area contributed by atoms with Crippen molar-refractivity contribution in [2.24, 2.45) is 4.99 Å². The van der Waals surface area contributed by atoms with Crippen LogP contribution in [0.4, 0.5) is 22.7 Å². The molecule has 1 amide bonds. The maximum Gasteiger partial charge on any atom is 0.269 e. The van der Waals surface area contributed by atoms with Crippen molar-refractivity contribution in [1.82, 2.24) is 0 Å². The lowest BCUT2D eigenvalue weighted by molar-refractivity contribution is -0.384.